The summed E-state index contributed by atoms with van der Waals surface area (Å²) in [4.78, 5) is 29.2. The summed E-state index contributed by atoms with van der Waals surface area (Å²) in [5.41, 5.74) is 1.18. The Bertz CT molecular complexity index is 629. The van der Waals surface area contributed by atoms with Crippen molar-refractivity contribution in [2.45, 2.75) is 38.9 Å². The van der Waals surface area contributed by atoms with Crippen LogP contribution >= 0.6 is 0 Å². The molecule has 1 N–H and O–H groups in total. The van der Waals surface area contributed by atoms with E-state index < -0.39 is 0 Å². The number of nitrogens with zero attached hydrogens (tertiary/aromatic N) is 2. The molecule has 2 amide bonds. The third kappa shape index (κ3) is 3.95. The molecule has 136 valence electrons. The van der Waals surface area contributed by atoms with Crippen LogP contribution in [0.15, 0.2) is 24.3 Å². The Kier molecular flexibility index (Phi) is 5.27. The molecule has 25 heavy (non-hydrogen) atoms. The molecule has 0 unspecified atom stereocenters. The molecule has 0 aromatic heterocycles. The second-order valence-electron chi connectivity index (χ2n) is 7.32. The first-order valence-electron chi connectivity index (χ1n) is 8.94. The fourth-order valence-electron chi connectivity index (χ4n) is 3.62. The highest BCUT2D eigenvalue weighted by Crippen LogP contribution is 2.21. The molecular formula is C19H27N3O3. The quantitative estimate of drug-likeness (QED) is 0.873. The lowest BCUT2D eigenvalue weighted by Crippen LogP contribution is -2.69. The predicted molar refractivity (Wildman–Crippen MR) is 95.2 cm³/mol. The van der Waals surface area contributed by atoms with Crippen LogP contribution in [0.2, 0.25) is 0 Å². The average Bonchev–Trinajstić information content (AvgIpc) is 2.60. The van der Waals surface area contributed by atoms with Gasteiger partial charge in [-0.25, -0.2) is 0 Å². The number of carbonyl (C=O) groups excluding carboxylic acids is 2. The third-order valence-corrected chi connectivity index (χ3v) is 4.94. The van der Waals surface area contributed by atoms with Crippen LogP contribution in [0.1, 0.15) is 25.8 Å². The lowest BCUT2D eigenvalue weighted by Gasteiger charge is -2.45. The highest BCUT2D eigenvalue weighted by Gasteiger charge is 2.43. The lowest BCUT2D eigenvalue weighted by molar-refractivity contribution is -0.153. The van der Waals surface area contributed by atoms with Gasteiger partial charge in [-0.3, -0.25) is 14.5 Å². The van der Waals surface area contributed by atoms with Gasteiger partial charge in [0.2, 0.25) is 11.8 Å². The molecule has 1 aromatic carbocycles. The molecule has 1 aromatic rings. The molecule has 0 bridgehead atoms. The van der Waals surface area contributed by atoms with Crippen LogP contribution in [-0.2, 0) is 16.1 Å². The first-order valence-corrected chi connectivity index (χ1v) is 8.94. The number of ether oxygens (including phenoxy) is 1. The van der Waals surface area contributed by atoms with Crippen molar-refractivity contribution < 1.29 is 14.3 Å². The molecule has 2 atom stereocenters. The van der Waals surface area contributed by atoms with Crippen molar-refractivity contribution in [3.8, 4) is 5.75 Å². The van der Waals surface area contributed by atoms with Gasteiger partial charge in [-0.15, -0.1) is 0 Å². The lowest BCUT2D eigenvalue weighted by atomic mass is 9.97. The number of rotatable bonds is 5. The van der Waals surface area contributed by atoms with E-state index in [0.717, 1.165) is 18.8 Å². The van der Waals surface area contributed by atoms with E-state index in [0.29, 0.717) is 25.4 Å². The van der Waals surface area contributed by atoms with Gasteiger partial charge in [0.05, 0.1) is 7.11 Å². The van der Waals surface area contributed by atoms with Crippen LogP contribution < -0.4 is 10.1 Å². The largest absolute Gasteiger partial charge is 0.497 e. The normalized spacial score (nSPS) is 24.2. The van der Waals surface area contributed by atoms with E-state index in [4.69, 9.17) is 4.74 Å². The maximum Gasteiger partial charge on any atom is 0.245 e. The minimum atomic E-state index is -0.372. The Morgan fingerprint density at radius 3 is 2.56 bits per heavy atom. The Morgan fingerprint density at radius 1 is 1.20 bits per heavy atom. The van der Waals surface area contributed by atoms with Crippen LogP contribution in [0.4, 0.5) is 0 Å². The van der Waals surface area contributed by atoms with Gasteiger partial charge in [-0.2, -0.15) is 0 Å². The van der Waals surface area contributed by atoms with E-state index in [9.17, 15) is 9.59 Å². The van der Waals surface area contributed by atoms with Crippen molar-refractivity contribution in [2.75, 3.05) is 26.7 Å². The van der Waals surface area contributed by atoms with Gasteiger partial charge in [0, 0.05) is 26.2 Å². The maximum absolute atomic E-state index is 12.7. The first-order chi connectivity index (χ1) is 12.0. The Balaban J connectivity index is 1.63. The Labute approximate surface area is 149 Å². The summed E-state index contributed by atoms with van der Waals surface area (Å²) in [5.74, 6) is 1.26. The number of benzene rings is 1. The SMILES string of the molecule is COc1ccc(CN2CCN3C(=O)[C@@H](CC(C)C)NC(=O)[C@H]3C2)cc1. The third-order valence-electron chi connectivity index (χ3n) is 4.94. The second-order valence-corrected chi connectivity index (χ2v) is 7.32. The van der Waals surface area contributed by atoms with E-state index in [2.05, 4.69) is 24.1 Å². The summed E-state index contributed by atoms with van der Waals surface area (Å²) < 4.78 is 5.18. The first kappa shape index (κ1) is 17.7. The summed E-state index contributed by atoms with van der Waals surface area (Å²) in [6.45, 7) is 6.89. The minimum Gasteiger partial charge on any atom is -0.497 e. The second kappa shape index (κ2) is 7.44. The van der Waals surface area contributed by atoms with E-state index in [1.807, 2.05) is 24.3 Å². The molecule has 3 rings (SSSR count). The van der Waals surface area contributed by atoms with E-state index in [-0.39, 0.29) is 23.9 Å². The van der Waals surface area contributed by atoms with Crippen molar-refractivity contribution in [1.82, 2.24) is 15.1 Å². The van der Waals surface area contributed by atoms with Crippen molar-refractivity contribution >= 4 is 11.8 Å². The summed E-state index contributed by atoms with van der Waals surface area (Å²) in [6.07, 6.45) is 0.698. The molecule has 6 heteroatoms. The zero-order chi connectivity index (χ0) is 18.0. The summed E-state index contributed by atoms with van der Waals surface area (Å²) in [5, 5.41) is 2.92. The zero-order valence-corrected chi connectivity index (χ0v) is 15.2. The molecule has 2 fully saturated rings. The Hall–Kier alpha value is -2.08. The number of amides is 2. The van der Waals surface area contributed by atoms with Gasteiger partial charge in [-0.05, 0) is 30.0 Å². The van der Waals surface area contributed by atoms with Crippen LogP contribution in [-0.4, -0.2) is 60.4 Å². The molecule has 0 spiro atoms. The van der Waals surface area contributed by atoms with Gasteiger partial charge in [-0.1, -0.05) is 26.0 Å². The maximum atomic E-state index is 12.7. The van der Waals surface area contributed by atoms with Crippen molar-refractivity contribution in [3.63, 3.8) is 0 Å². The Morgan fingerprint density at radius 2 is 1.92 bits per heavy atom. The number of methoxy groups -OCH3 is 1. The van der Waals surface area contributed by atoms with Crippen molar-refractivity contribution in [2.24, 2.45) is 5.92 Å². The molecule has 2 heterocycles. The monoisotopic (exact) mass is 345 g/mol. The topological polar surface area (TPSA) is 61.9 Å². The van der Waals surface area contributed by atoms with Crippen LogP contribution in [0.25, 0.3) is 0 Å². The molecule has 0 aliphatic carbocycles. The molecular weight excluding hydrogens is 318 g/mol. The number of piperazine rings is 2. The number of nitrogens with one attached hydrogen (secondary N) is 1. The fraction of sp³-hybridized carbons (Fsp3) is 0.579. The highest BCUT2D eigenvalue weighted by molar-refractivity contribution is 5.97. The van der Waals surface area contributed by atoms with Gasteiger partial charge >= 0.3 is 0 Å². The van der Waals surface area contributed by atoms with Gasteiger partial charge in [0.25, 0.3) is 0 Å². The van der Waals surface area contributed by atoms with Crippen molar-refractivity contribution in [1.29, 1.82) is 0 Å². The van der Waals surface area contributed by atoms with Crippen molar-refractivity contribution in [3.05, 3.63) is 29.8 Å². The van der Waals surface area contributed by atoms with Gasteiger partial charge < -0.3 is 15.0 Å². The van der Waals surface area contributed by atoms with E-state index >= 15 is 0 Å². The summed E-state index contributed by atoms with van der Waals surface area (Å²) in [6, 6.07) is 7.23. The number of fused-ring (bicyclic) bond motifs is 1. The zero-order valence-electron chi connectivity index (χ0n) is 15.2. The molecule has 2 aliphatic rings. The molecule has 6 nitrogen and oxygen atoms in total. The van der Waals surface area contributed by atoms with E-state index in [1.54, 1.807) is 12.0 Å². The summed E-state index contributed by atoms with van der Waals surface area (Å²) in [7, 11) is 1.65. The fourth-order valence-corrected chi connectivity index (χ4v) is 3.62. The smallest absolute Gasteiger partial charge is 0.245 e. The molecule has 0 saturated carbocycles. The van der Waals surface area contributed by atoms with Crippen LogP contribution in [0, 0.1) is 5.92 Å². The number of hydrogen-bond acceptors (Lipinski definition) is 4. The molecule has 2 saturated heterocycles. The van der Waals surface area contributed by atoms with Gasteiger partial charge in [0.1, 0.15) is 17.8 Å². The average molecular weight is 345 g/mol. The summed E-state index contributed by atoms with van der Waals surface area (Å²) >= 11 is 0. The van der Waals surface area contributed by atoms with E-state index in [1.165, 1.54) is 5.56 Å². The van der Waals surface area contributed by atoms with Gasteiger partial charge in [0.15, 0.2) is 0 Å². The van der Waals surface area contributed by atoms with Crippen LogP contribution in [0.3, 0.4) is 0 Å². The number of hydrogen-bond donors (Lipinski definition) is 1. The minimum absolute atomic E-state index is 0.0234. The molecule has 2 aliphatic heterocycles. The number of carbonyl (C=O) groups is 2. The standard InChI is InChI=1S/C19H27N3O3/c1-13(2)10-16-19(24)22-9-8-21(12-17(22)18(23)20-16)11-14-4-6-15(25-3)7-5-14/h4-7,13,16-17H,8-12H2,1-3H3,(H,20,23)/t16-,17-/m1/s1. The molecule has 0 radical (unpaired) electrons. The predicted octanol–water partition coefficient (Wildman–Crippen LogP) is 1.25. The highest BCUT2D eigenvalue weighted by atomic mass is 16.5. The van der Waals surface area contributed by atoms with Crippen LogP contribution in [0.5, 0.6) is 5.75 Å².